The third-order valence-corrected chi connectivity index (χ3v) is 3.97. The summed E-state index contributed by atoms with van der Waals surface area (Å²) in [5.41, 5.74) is 3.79. The van der Waals surface area contributed by atoms with Gasteiger partial charge in [-0.15, -0.1) is 0 Å². The lowest BCUT2D eigenvalue weighted by Crippen LogP contribution is -2.13. The Morgan fingerprint density at radius 3 is 2.48 bits per heavy atom. The molecule has 0 aliphatic heterocycles. The molecular formula is C21H21N3O. The molecule has 4 heteroatoms. The summed E-state index contributed by atoms with van der Waals surface area (Å²) in [7, 11) is 0. The Bertz CT molecular complexity index is 845. The van der Waals surface area contributed by atoms with Gasteiger partial charge in [0.2, 0.25) is 0 Å². The molecule has 4 nitrogen and oxygen atoms in total. The molecule has 2 aromatic carbocycles. The number of amides is 1. The molecule has 0 aliphatic carbocycles. The van der Waals surface area contributed by atoms with Crippen molar-refractivity contribution in [3.63, 3.8) is 0 Å². The number of hydrogen-bond acceptors (Lipinski definition) is 3. The Labute approximate surface area is 147 Å². The van der Waals surface area contributed by atoms with Crippen LogP contribution in [0.3, 0.4) is 0 Å². The van der Waals surface area contributed by atoms with Gasteiger partial charge in [-0.3, -0.25) is 4.79 Å². The molecule has 1 aromatic heterocycles. The van der Waals surface area contributed by atoms with Gasteiger partial charge in [0.25, 0.3) is 5.91 Å². The van der Waals surface area contributed by atoms with Crippen LogP contribution in [0.15, 0.2) is 72.9 Å². The molecule has 0 saturated carbocycles. The van der Waals surface area contributed by atoms with Crippen molar-refractivity contribution < 1.29 is 4.79 Å². The van der Waals surface area contributed by atoms with Crippen LogP contribution in [-0.2, 0) is 0 Å². The first-order valence-electron chi connectivity index (χ1n) is 8.27. The molecule has 0 aliphatic rings. The van der Waals surface area contributed by atoms with Gasteiger partial charge in [0.05, 0.1) is 11.9 Å². The Kier molecular flexibility index (Phi) is 5.09. The minimum Gasteiger partial charge on any atom is -0.377 e. The van der Waals surface area contributed by atoms with Gasteiger partial charge in [-0.25, -0.2) is 4.98 Å². The van der Waals surface area contributed by atoms with Gasteiger partial charge >= 0.3 is 0 Å². The number of nitrogens with one attached hydrogen (secondary N) is 2. The van der Waals surface area contributed by atoms with Crippen LogP contribution in [0, 0.1) is 6.92 Å². The first kappa shape index (κ1) is 16.7. The highest BCUT2D eigenvalue weighted by Gasteiger charge is 2.08. The molecular weight excluding hydrogens is 310 g/mol. The van der Waals surface area contributed by atoms with Gasteiger partial charge in [-0.05, 0) is 43.7 Å². The van der Waals surface area contributed by atoms with Crippen LogP contribution in [0.1, 0.15) is 34.5 Å². The lowest BCUT2D eigenvalue weighted by atomic mass is 10.1. The van der Waals surface area contributed by atoms with E-state index in [1.54, 1.807) is 18.3 Å². The summed E-state index contributed by atoms with van der Waals surface area (Å²) < 4.78 is 0. The first-order chi connectivity index (χ1) is 12.1. The maximum Gasteiger partial charge on any atom is 0.256 e. The summed E-state index contributed by atoms with van der Waals surface area (Å²) in [6.07, 6.45) is 1.73. The van der Waals surface area contributed by atoms with Crippen LogP contribution in [0.2, 0.25) is 0 Å². The van der Waals surface area contributed by atoms with E-state index >= 15 is 0 Å². The van der Waals surface area contributed by atoms with Gasteiger partial charge < -0.3 is 10.6 Å². The second-order valence-electron chi connectivity index (χ2n) is 6.03. The van der Waals surface area contributed by atoms with Crippen LogP contribution in [0.25, 0.3) is 0 Å². The predicted molar refractivity (Wildman–Crippen MR) is 102 cm³/mol. The fraction of sp³-hybridized carbons (Fsp3) is 0.143. The second kappa shape index (κ2) is 7.62. The van der Waals surface area contributed by atoms with Crippen molar-refractivity contribution >= 4 is 17.4 Å². The van der Waals surface area contributed by atoms with Crippen molar-refractivity contribution in [1.82, 2.24) is 4.98 Å². The number of aromatic nitrogens is 1. The number of anilines is 2. The van der Waals surface area contributed by atoms with E-state index in [1.807, 2.05) is 49.4 Å². The minimum atomic E-state index is -0.158. The van der Waals surface area contributed by atoms with Crippen LogP contribution in [0.4, 0.5) is 11.5 Å². The summed E-state index contributed by atoms with van der Waals surface area (Å²) in [6, 6.07) is 21.6. The quantitative estimate of drug-likeness (QED) is 0.705. The van der Waals surface area contributed by atoms with Crippen LogP contribution in [0.5, 0.6) is 0 Å². The average molecular weight is 331 g/mol. The minimum absolute atomic E-state index is 0.158. The van der Waals surface area contributed by atoms with E-state index in [1.165, 1.54) is 5.56 Å². The number of rotatable bonds is 5. The molecule has 0 bridgehead atoms. The van der Waals surface area contributed by atoms with E-state index in [0.717, 1.165) is 11.3 Å². The molecule has 3 rings (SSSR count). The average Bonchev–Trinajstić information content (AvgIpc) is 2.64. The molecule has 0 radical (unpaired) electrons. The van der Waals surface area contributed by atoms with E-state index in [-0.39, 0.29) is 11.9 Å². The molecule has 1 heterocycles. The Hall–Kier alpha value is -3.14. The number of carbonyl (C=O) groups excluding carboxylic acids is 1. The van der Waals surface area contributed by atoms with E-state index in [2.05, 4.69) is 34.7 Å². The maximum absolute atomic E-state index is 12.2. The number of hydrogen-bond donors (Lipinski definition) is 2. The first-order valence-corrected chi connectivity index (χ1v) is 8.27. The normalized spacial score (nSPS) is 11.6. The van der Waals surface area contributed by atoms with Gasteiger partial charge in [-0.1, -0.05) is 48.0 Å². The SMILES string of the molecule is Cc1cccc(C(=O)Nc2ccc(NC(C)c3ccccc3)cn2)c1. The van der Waals surface area contributed by atoms with Gasteiger partial charge in [0.15, 0.2) is 0 Å². The summed E-state index contributed by atoms with van der Waals surface area (Å²) in [4.78, 5) is 16.6. The van der Waals surface area contributed by atoms with Gasteiger partial charge in [0, 0.05) is 11.6 Å². The van der Waals surface area contributed by atoms with Gasteiger partial charge in [0.1, 0.15) is 5.82 Å². The maximum atomic E-state index is 12.2. The van der Waals surface area contributed by atoms with E-state index in [4.69, 9.17) is 0 Å². The predicted octanol–water partition coefficient (Wildman–Crippen LogP) is 4.82. The zero-order valence-electron chi connectivity index (χ0n) is 14.4. The molecule has 0 saturated heterocycles. The Balaban J connectivity index is 1.63. The van der Waals surface area contributed by atoms with Crippen molar-refractivity contribution in [2.75, 3.05) is 10.6 Å². The molecule has 1 atom stereocenters. The fourth-order valence-electron chi connectivity index (χ4n) is 2.60. The van der Waals surface area contributed by atoms with Gasteiger partial charge in [-0.2, -0.15) is 0 Å². The van der Waals surface area contributed by atoms with Crippen molar-refractivity contribution in [3.05, 3.63) is 89.6 Å². The molecule has 0 spiro atoms. The topological polar surface area (TPSA) is 54.0 Å². The molecule has 3 aromatic rings. The van der Waals surface area contributed by atoms with Crippen molar-refractivity contribution in [2.45, 2.75) is 19.9 Å². The van der Waals surface area contributed by atoms with Crippen LogP contribution in [-0.4, -0.2) is 10.9 Å². The largest absolute Gasteiger partial charge is 0.377 e. The summed E-state index contributed by atoms with van der Waals surface area (Å²) in [6.45, 7) is 4.06. The number of benzene rings is 2. The highest BCUT2D eigenvalue weighted by atomic mass is 16.1. The number of nitrogens with zero attached hydrogens (tertiary/aromatic N) is 1. The molecule has 126 valence electrons. The lowest BCUT2D eigenvalue weighted by molar-refractivity contribution is 0.102. The van der Waals surface area contributed by atoms with Crippen LogP contribution >= 0.6 is 0 Å². The van der Waals surface area contributed by atoms with E-state index in [0.29, 0.717) is 11.4 Å². The molecule has 1 amide bonds. The Morgan fingerprint density at radius 1 is 1.00 bits per heavy atom. The lowest BCUT2D eigenvalue weighted by Gasteiger charge is -2.15. The van der Waals surface area contributed by atoms with Crippen LogP contribution < -0.4 is 10.6 Å². The zero-order valence-corrected chi connectivity index (χ0v) is 14.4. The summed E-state index contributed by atoms with van der Waals surface area (Å²) in [5, 5.41) is 6.22. The highest BCUT2D eigenvalue weighted by Crippen LogP contribution is 2.19. The monoisotopic (exact) mass is 331 g/mol. The molecule has 2 N–H and O–H groups in total. The number of carbonyl (C=O) groups is 1. The highest BCUT2D eigenvalue weighted by molar-refractivity contribution is 6.03. The van der Waals surface area contributed by atoms with Crippen molar-refractivity contribution in [3.8, 4) is 0 Å². The molecule has 0 fully saturated rings. The molecule has 1 unspecified atom stereocenters. The standard InChI is InChI=1S/C21H21N3O/c1-15-7-6-10-18(13-15)21(25)24-20-12-11-19(14-22-20)23-16(2)17-8-4-3-5-9-17/h3-14,16,23H,1-2H3,(H,22,24,25). The number of aryl methyl sites for hydroxylation is 1. The molecule has 25 heavy (non-hydrogen) atoms. The summed E-state index contributed by atoms with van der Waals surface area (Å²) in [5.74, 6) is 0.374. The third-order valence-electron chi connectivity index (χ3n) is 3.97. The second-order valence-corrected chi connectivity index (χ2v) is 6.03. The van der Waals surface area contributed by atoms with Crippen molar-refractivity contribution in [1.29, 1.82) is 0 Å². The fourth-order valence-corrected chi connectivity index (χ4v) is 2.60. The smallest absolute Gasteiger partial charge is 0.256 e. The van der Waals surface area contributed by atoms with E-state index < -0.39 is 0 Å². The zero-order chi connectivity index (χ0) is 17.6. The number of pyridine rings is 1. The van der Waals surface area contributed by atoms with E-state index in [9.17, 15) is 4.79 Å². The third kappa shape index (κ3) is 4.44. The Morgan fingerprint density at radius 2 is 1.80 bits per heavy atom. The van der Waals surface area contributed by atoms with Crippen molar-refractivity contribution in [2.24, 2.45) is 0 Å². The summed E-state index contributed by atoms with van der Waals surface area (Å²) >= 11 is 0.